The summed E-state index contributed by atoms with van der Waals surface area (Å²) in [5.41, 5.74) is 2.93. The highest BCUT2D eigenvalue weighted by Gasteiger charge is 2.33. The number of rotatable bonds is 7. The zero-order valence-electron chi connectivity index (χ0n) is 18.4. The Kier molecular flexibility index (Phi) is 6.17. The molecular formula is C25H29N5OS. The first-order valence-electron chi connectivity index (χ1n) is 11.5. The molecule has 1 unspecified atom stereocenters. The zero-order valence-corrected chi connectivity index (χ0v) is 19.2. The van der Waals surface area contributed by atoms with E-state index in [1.54, 1.807) is 0 Å². The van der Waals surface area contributed by atoms with Gasteiger partial charge in [0.15, 0.2) is 5.16 Å². The van der Waals surface area contributed by atoms with Crippen LogP contribution in [0.25, 0.3) is 11.1 Å². The van der Waals surface area contributed by atoms with Gasteiger partial charge >= 0.3 is 0 Å². The zero-order chi connectivity index (χ0) is 21.9. The molecule has 1 N–H and O–H groups in total. The van der Waals surface area contributed by atoms with Crippen molar-refractivity contribution >= 4 is 29.3 Å². The van der Waals surface area contributed by atoms with E-state index in [1.807, 2.05) is 49.4 Å². The van der Waals surface area contributed by atoms with Crippen molar-refractivity contribution in [1.29, 1.82) is 0 Å². The number of nitrogens with one attached hydrogen (secondary N) is 1. The fraction of sp³-hybridized carbons (Fsp3) is 0.400. The lowest BCUT2D eigenvalue weighted by molar-refractivity contribution is -0.115. The van der Waals surface area contributed by atoms with Crippen LogP contribution in [-0.4, -0.2) is 39.0 Å². The van der Waals surface area contributed by atoms with Crippen LogP contribution in [0.15, 0.2) is 59.8 Å². The minimum absolute atomic E-state index is 0.0248. The van der Waals surface area contributed by atoms with Gasteiger partial charge in [0.05, 0.1) is 5.25 Å². The molecule has 7 heteroatoms. The van der Waals surface area contributed by atoms with Crippen molar-refractivity contribution in [2.75, 3.05) is 23.3 Å². The standard InChI is InChI=1S/C25H29N5OS/c1-18(23(31)26-22-13-7-6-12-21(22)19-10-4-2-5-11-19)32-25-28-27-24(30(25)20-14-15-20)29-16-8-3-9-17-29/h2,4-7,10-13,18,20H,3,8-9,14-17H2,1H3,(H,26,31). The smallest absolute Gasteiger partial charge is 0.237 e. The second-order valence-electron chi connectivity index (χ2n) is 8.59. The topological polar surface area (TPSA) is 63.1 Å². The molecule has 32 heavy (non-hydrogen) atoms. The van der Waals surface area contributed by atoms with Gasteiger partial charge in [-0.1, -0.05) is 60.3 Å². The van der Waals surface area contributed by atoms with Crippen LogP contribution in [0.4, 0.5) is 11.6 Å². The fourth-order valence-electron chi connectivity index (χ4n) is 4.22. The summed E-state index contributed by atoms with van der Waals surface area (Å²) in [4.78, 5) is 15.5. The number of hydrogen-bond donors (Lipinski definition) is 1. The highest BCUT2D eigenvalue weighted by atomic mass is 32.2. The van der Waals surface area contributed by atoms with Crippen LogP contribution in [0, 0.1) is 0 Å². The number of carbonyl (C=O) groups excluding carboxylic acids is 1. The molecule has 2 heterocycles. The summed E-state index contributed by atoms with van der Waals surface area (Å²) >= 11 is 1.50. The molecule has 1 saturated carbocycles. The number of benzene rings is 2. The minimum Gasteiger partial charge on any atom is -0.341 e. The molecule has 2 aromatic carbocycles. The molecule has 0 spiro atoms. The molecule has 1 aliphatic heterocycles. The molecule has 1 aliphatic carbocycles. The molecule has 2 fully saturated rings. The van der Waals surface area contributed by atoms with Crippen LogP contribution in [-0.2, 0) is 4.79 Å². The Bertz CT molecular complexity index is 1070. The summed E-state index contributed by atoms with van der Waals surface area (Å²) < 4.78 is 2.28. The molecule has 1 saturated heterocycles. The Morgan fingerprint density at radius 2 is 1.72 bits per heavy atom. The number of amides is 1. The Balaban J connectivity index is 1.32. The average molecular weight is 448 g/mol. The van der Waals surface area contributed by atoms with Gasteiger partial charge in [0.2, 0.25) is 11.9 Å². The number of para-hydroxylation sites is 1. The third kappa shape index (κ3) is 4.53. The second kappa shape index (κ2) is 9.36. The van der Waals surface area contributed by atoms with Crippen molar-refractivity contribution in [1.82, 2.24) is 14.8 Å². The number of aromatic nitrogens is 3. The van der Waals surface area contributed by atoms with Crippen molar-refractivity contribution in [3.05, 3.63) is 54.6 Å². The first-order valence-corrected chi connectivity index (χ1v) is 12.4. The Hall–Kier alpha value is -2.80. The van der Waals surface area contributed by atoms with Crippen LogP contribution < -0.4 is 10.2 Å². The van der Waals surface area contributed by atoms with E-state index in [-0.39, 0.29) is 11.2 Å². The van der Waals surface area contributed by atoms with Crippen molar-refractivity contribution in [2.24, 2.45) is 0 Å². The van der Waals surface area contributed by atoms with Gasteiger partial charge in [-0.2, -0.15) is 0 Å². The monoisotopic (exact) mass is 447 g/mol. The van der Waals surface area contributed by atoms with E-state index < -0.39 is 0 Å². The molecule has 2 aliphatic rings. The highest BCUT2D eigenvalue weighted by molar-refractivity contribution is 8.00. The number of anilines is 2. The van der Waals surface area contributed by atoms with E-state index >= 15 is 0 Å². The summed E-state index contributed by atoms with van der Waals surface area (Å²) in [6, 6.07) is 18.6. The Morgan fingerprint density at radius 1 is 1.00 bits per heavy atom. The molecule has 3 aromatic rings. The molecule has 166 valence electrons. The third-order valence-electron chi connectivity index (χ3n) is 6.12. The van der Waals surface area contributed by atoms with Gasteiger partial charge in [-0.05, 0) is 50.7 Å². The molecule has 1 aromatic heterocycles. The fourth-order valence-corrected chi connectivity index (χ4v) is 5.13. The van der Waals surface area contributed by atoms with Crippen molar-refractivity contribution in [3.63, 3.8) is 0 Å². The van der Waals surface area contributed by atoms with E-state index in [1.165, 1.54) is 31.0 Å². The van der Waals surface area contributed by atoms with Crippen molar-refractivity contribution < 1.29 is 4.79 Å². The molecule has 1 atom stereocenters. The molecule has 0 radical (unpaired) electrons. The maximum absolute atomic E-state index is 13.1. The summed E-state index contributed by atoms with van der Waals surface area (Å²) in [5, 5.41) is 12.7. The molecule has 1 amide bonds. The van der Waals surface area contributed by atoms with Crippen molar-refractivity contribution in [3.8, 4) is 11.1 Å². The minimum atomic E-state index is -0.283. The van der Waals surface area contributed by atoms with Gasteiger partial charge in [0, 0.05) is 30.4 Å². The highest BCUT2D eigenvalue weighted by Crippen LogP contribution is 2.42. The van der Waals surface area contributed by atoms with Gasteiger partial charge in [-0.15, -0.1) is 10.2 Å². The van der Waals surface area contributed by atoms with Crippen LogP contribution in [0.1, 0.15) is 45.1 Å². The van der Waals surface area contributed by atoms with E-state index in [0.29, 0.717) is 6.04 Å². The number of thioether (sulfide) groups is 1. The summed E-state index contributed by atoms with van der Waals surface area (Å²) in [5.74, 6) is 0.958. The number of nitrogens with zero attached hydrogens (tertiary/aromatic N) is 4. The second-order valence-corrected chi connectivity index (χ2v) is 9.90. The molecule has 6 nitrogen and oxygen atoms in total. The van der Waals surface area contributed by atoms with E-state index in [4.69, 9.17) is 0 Å². The van der Waals surface area contributed by atoms with Crippen LogP contribution in [0.3, 0.4) is 0 Å². The van der Waals surface area contributed by atoms with Gasteiger partial charge in [0.1, 0.15) is 0 Å². The van der Waals surface area contributed by atoms with Crippen LogP contribution >= 0.6 is 11.8 Å². The van der Waals surface area contributed by atoms with Gasteiger partial charge in [-0.25, -0.2) is 0 Å². The average Bonchev–Trinajstić information content (AvgIpc) is 3.60. The summed E-state index contributed by atoms with van der Waals surface area (Å²) in [6.07, 6.45) is 6.03. The van der Waals surface area contributed by atoms with Gasteiger partial charge in [-0.3, -0.25) is 9.36 Å². The normalized spacial score (nSPS) is 17.2. The van der Waals surface area contributed by atoms with Gasteiger partial charge in [0.25, 0.3) is 0 Å². The Morgan fingerprint density at radius 3 is 2.47 bits per heavy atom. The predicted molar refractivity (Wildman–Crippen MR) is 130 cm³/mol. The van der Waals surface area contributed by atoms with E-state index in [9.17, 15) is 4.79 Å². The van der Waals surface area contributed by atoms with E-state index in [2.05, 4.69) is 37.1 Å². The number of hydrogen-bond acceptors (Lipinski definition) is 5. The van der Waals surface area contributed by atoms with Gasteiger partial charge < -0.3 is 10.2 Å². The first kappa shape index (κ1) is 21.1. The lowest BCUT2D eigenvalue weighted by Crippen LogP contribution is -2.32. The van der Waals surface area contributed by atoms with Crippen LogP contribution in [0.2, 0.25) is 0 Å². The molecular weight excluding hydrogens is 418 g/mol. The number of piperidine rings is 1. The largest absolute Gasteiger partial charge is 0.341 e. The quantitative estimate of drug-likeness (QED) is 0.492. The van der Waals surface area contributed by atoms with Crippen LogP contribution in [0.5, 0.6) is 0 Å². The first-order chi connectivity index (χ1) is 15.7. The maximum atomic E-state index is 13.1. The predicted octanol–water partition coefficient (Wildman–Crippen LogP) is 5.39. The summed E-state index contributed by atoms with van der Waals surface area (Å²) in [6.45, 7) is 4.03. The Labute approximate surface area is 193 Å². The molecule has 0 bridgehead atoms. The summed E-state index contributed by atoms with van der Waals surface area (Å²) in [7, 11) is 0. The van der Waals surface area contributed by atoms with E-state index in [0.717, 1.165) is 53.9 Å². The SMILES string of the molecule is CC(Sc1nnc(N2CCCCC2)n1C1CC1)C(=O)Nc1ccccc1-c1ccccc1. The number of carbonyl (C=O) groups is 1. The third-order valence-corrected chi connectivity index (χ3v) is 7.18. The lowest BCUT2D eigenvalue weighted by atomic mass is 10.0. The van der Waals surface area contributed by atoms with Crippen molar-refractivity contribution in [2.45, 2.75) is 55.5 Å². The molecule has 5 rings (SSSR count). The lowest BCUT2D eigenvalue weighted by Gasteiger charge is -2.28. The maximum Gasteiger partial charge on any atom is 0.237 e.